The standard InChI is InChI=1S/C14H22N2O2.ClH/c1-17-13-4-2-3-5-14(13)18-9-8-16-7-6-12(10-15)11-16;/h2-5,12H,6-11,15H2,1H3;1H. The van der Waals surface area contributed by atoms with E-state index in [-0.39, 0.29) is 12.4 Å². The highest BCUT2D eigenvalue weighted by Crippen LogP contribution is 2.25. The summed E-state index contributed by atoms with van der Waals surface area (Å²) < 4.78 is 11.0. The number of halogens is 1. The summed E-state index contributed by atoms with van der Waals surface area (Å²) >= 11 is 0. The van der Waals surface area contributed by atoms with Gasteiger partial charge in [0.2, 0.25) is 0 Å². The zero-order valence-corrected chi connectivity index (χ0v) is 12.2. The number of methoxy groups -OCH3 is 1. The molecule has 1 aromatic carbocycles. The Morgan fingerprint density at radius 3 is 2.68 bits per heavy atom. The molecule has 0 spiro atoms. The van der Waals surface area contributed by atoms with E-state index in [4.69, 9.17) is 15.2 Å². The SMILES string of the molecule is COc1ccccc1OCCN1CCC(CN)C1.Cl. The van der Waals surface area contributed by atoms with Crippen molar-refractivity contribution in [2.75, 3.05) is 39.9 Å². The largest absolute Gasteiger partial charge is 0.493 e. The van der Waals surface area contributed by atoms with E-state index in [1.807, 2.05) is 24.3 Å². The topological polar surface area (TPSA) is 47.7 Å². The lowest BCUT2D eigenvalue weighted by Gasteiger charge is -2.16. The Hall–Kier alpha value is -0.970. The van der Waals surface area contributed by atoms with Gasteiger partial charge in [0.15, 0.2) is 11.5 Å². The summed E-state index contributed by atoms with van der Waals surface area (Å²) in [6, 6.07) is 7.75. The molecule has 4 nitrogen and oxygen atoms in total. The Kier molecular flexibility index (Phi) is 6.99. The van der Waals surface area contributed by atoms with Gasteiger partial charge in [-0.05, 0) is 37.6 Å². The van der Waals surface area contributed by atoms with Crippen molar-refractivity contribution in [2.45, 2.75) is 6.42 Å². The summed E-state index contributed by atoms with van der Waals surface area (Å²) in [6.07, 6.45) is 1.21. The van der Waals surface area contributed by atoms with Crippen LogP contribution >= 0.6 is 12.4 Å². The van der Waals surface area contributed by atoms with Crippen LogP contribution in [-0.4, -0.2) is 44.8 Å². The molecular formula is C14H23ClN2O2. The van der Waals surface area contributed by atoms with Crippen molar-refractivity contribution in [1.29, 1.82) is 0 Å². The van der Waals surface area contributed by atoms with Crippen molar-refractivity contribution in [3.8, 4) is 11.5 Å². The van der Waals surface area contributed by atoms with Crippen LogP contribution in [0.5, 0.6) is 11.5 Å². The minimum absolute atomic E-state index is 0. The molecule has 1 aromatic rings. The maximum atomic E-state index is 5.76. The highest BCUT2D eigenvalue weighted by atomic mass is 35.5. The van der Waals surface area contributed by atoms with Crippen LogP contribution in [0, 0.1) is 5.92 Å². The van der Waals surface area contributed by atoms with Crippen molar-refractivity contribution in [2.24, 2.45) is 11.7 Å². The molecule has 0 radical (unpaired) electrons. The Bertz CT molecular complexity index is 376. The Morgan fingerprint density at radius 1 is 1.32 bits per heavy atom. The number of benzene rings is 1. The van der Waals surface area contributed by atoms with Gasteiger partial charge >= 0.3 is 0 Å². The molecule has 1 atom stereocenters. The third kappa shape index (κ3) is 4.56. The number of hydrogen-bond acceptors (Lipinski definition) is 4. The monoisotopic (exact) mass is 286 g/mol. The second kappa shape index (κ2) is 8.25. The van der Waals surface area contributed by atoms with Gasteiger partial charge in [0, 0.05) is 13.1 Å². The third-order valence-corrected chi connectivity index (χ3v) is 3.44. The number of nitrogens with zero attached hydrogens (tertiary/aromatic N) is 1. The van der Waals surface area contributed by atoms with Gasteiger partial charge in [-0.3, -0.25) is 4.90 Å². The fourth-order valence-electron chi connectivity index (χ4n) is 2.33. The van der Waals surface area contributed by atoms with Crippen molar-refractivity contribution in [3.63, 3.8) is 0 Å². The smallest absolute Gasteiger partial charge is 0.161 e. The lowest BCUT2D eigenvalue weighted by molar-refractivity contribution is 0.226. The van der Waals surface area contributed by atoms with Gasteiger partial charge < -0.3 is 15.2 Å². The van der Waals surface area contributed by atoms with Crippen LogP contribution in [0.1, 0.15) is 6.42 Å². The fourth-order valence-corrected chi connectivity index (χ4v) is 2.33. The van der Waals surface area contributed by atoms with Gasteiger partial charge in [-0.2, -0.15) is 0 Å². The summed E-state index contributed by atoms with van der Waals surface area (Å²) in [4.78, 5) is 2.41. The minimum atomic E-state index is 0. The number of likely N-dealkylation sites (tertiary alicyclic amines) is 1. The van der Waals surface area contributed by atoms with Crippen LogP contribution in [0.25, 0.3) is 0 Å². The first-order valence-electron chi connectivity index (χ1n) is 6.51. The van der Waals surface area contributed by atoms with E-state index < -0.39 is 0 Å². The lowest BCUT2D eigenvalue weighted by Crippen LogP contribution is -2.27. The van der Waals surface area contributed by atoms with Crippen molar-refractivity contribution < 1.29 is 9.47 Å². The molecule has 1 aliphatic heterocycles. The zero-order chi connectivity index (χ0) is 12.8. The molecule has 0 bridgehead atoms. The van der Waals surface area contributed by atoms with E-state index in [0.717, 1.165) is 37.7 Å². The van der Waals surface area contributed by atoms with Gasteiger partial charge in [0.05, 0.1) is 7.11 Å². The molecule has 1 heterocycles. The highest BCUT2D eigenvalue weighted by Gasteiger charge is 2.20. The van der Waals surface area contributed by atoms with Crippen LogP contribution in [-0.2, 0) is 0 Å². The van der Waals surface area contributed by atoms with Crippen LogP contribution in [0.4, 0.5) is 0 Å². The average molecular weight is 287 g/mol. The molecule has 0 aromatic heterocycles. The maximum absolute atomic E-state index is 5.76. The Balaban J connectivity index is 0.00000180. The molecule has 1 unspecified atom stereocenters. The molecule has 0 saturated carbocycles. The third-order valence-electron chi connectivity index (χ3n) is 3.44. The summed E-state index contributed by atoms with van der Waals surface area (Å²) in [5, 5.41) is 0. The van der Waals surface area contributed by atoms with E-state index in [1.54, 1.807) is 7.11 Å². The average Bonchev–Trinajstić information content (AvgIpc) is 2.87. The van der Waals surface area contributed by atoms with Crippen LogP contribution < -0.4 is 15.2 Å². The first-order valence-corrected chi connectivity index (χ1v) is 6.51. The van der Waals surface area contributed by atoms with Gasteiger partial charge in [0.1, 0.15) is 6.61 Å². The number of para-hydroxylation sites is 2. The highest BCUT2D eigenvalue weighted by molar-refractivity contribution is 5.85. The molecule has 1 fully saturated rings. The van der Waals surface area contributed by atoms with E-state index in [9.17, 15) is 0 Å². The minimum Gasteiger partial charge on any atom is -0.493 e. The number of ether oxygens (including phenoxy) is 2. The van der Waals surface area contributed by atoms with Crippen LogP contribution in [0.15, 0.2) is 24.3 Å². The Labute approximate surface area is 121 Å². The molecule has 0 amide bonds. The van der Waals surface area contributed by atoms with Gasteiger partial charge in [-0.25, -0.2) is 0 Å². The first kappa shape index (κ1) is 16.1. The fraction of sp³-hybridized carbons (Fsp3) is 0.571. The summed E-state index contributed by atoms with van der Waals surface area (Å²) in [7, 11) is 1.66. The van der Waals surface area contributed by atoms with E-state index in [1.165, 1.54) is 6.42 Å². The quantitative estimate of drug-likeness (QED) is 0.866. The van der Waals surface area contributed by atoms with E-state index in [0.29, 0.717) is 12.5 Å². The molecule has 2 rings (SSSR count). The molecule has 19 heavy (non-hydrogen) atoms. The number of rotatable bonds is 6. The molecule has 0 aliphatic carbocycles. The normalized spacial score (nSPS) is 18.9. The number of nitrogens with two attached hydrogens (primary N) is 1. The Morgan fingerprint density at radius 2 is 2.05 bits per heavy atom. The van der Waals surface area contributed by atoms with Crippen molar-refractivity contribution in [3.05, 3.63) is 24.3 Å². The lowest BCUT2D eigenvalue weighted by atomic mass is 10.1. The summed E-state index contributed by atoms with van der Waals surface area (Å²) in [6.45, 7) is 4.68. The van der Waals surface area contributed by atoms with Gasteiger partial charge in [0.25, 0.3) is 0 Å². The number of hydrogen-bond donors (Lipinski definition) is 1. The maximum Gasteiger partial charge on any atom is 0.161 e. The summed E-state index contributed by atoms with van der Waals surface area (Å²) in [5.74, 6) is 2.27. The molecule has 108 valence electrons. The van der Waals surface area contributed by atoms with Gasteiger partial charge in [-0.15, -0.1) is 12.4 Å². The second-order valence-corrected chi connectivity index (χ2v) is 4.69. The molecule has 1 saturated heterocycles. The predicted octanol–water partition coefficient (Wildman–Crippen LogP) is 1.78. The second-order valence-electron chi connectivity index (χ2n) is 4.69. The van der Waals surface area contributed by atoms with E-state index in [2.05, 4.69) is 4.90 Å². The summed E-state index contributed by atoms with van der Waals surface area (Å²) in [5.41, 5.74) is 5.68. The predicted molar refractivity (Wildman–Crippen MR) is 79.3 cm³/mol. The van der Waals surface area contributed by atoms with Crippen molar-refractivity contribution >= 4 is 12.4 Å². The molecular weight excluding hydrogens is 264 g/mol. The van der Waals surface area contributed by atoms with Crippen LogP contribution in [0.2, 0.25) is 0 Å². The molecule has 1 aliphatic rings. The van der Waals surface area contributed by atoms with Gasteiger partial charge in [-0.1, -0.05) is 12.1 Å². The van der Waals surface area contributed by atoms with Crippen molar-refractivity contribution in [1.82, 2.24) is 4.90 Å². The van der Waals surface area contributed by atoms with Crippen LogP contribution in [0.3, 0.4) is 0 Å². The molecule has 2 N–H and O–H groups in total. The van der Waals surface area contributed by atoms with E-state index >= 15 is 0 Å². The molecule has 5 heteroatoms. The first-order chi connectivity index (χ1) is 8.83. The zero-order valence-electron chi connectivity index (χ0n) is 11.4.